The molecule has 4 aromatic rings. The number of rotatable bonds is 6. The highest BCUT2D eigenvalue weighted by molar-refractivity contribution is 7.98. The number of thioether (sulfide) groups is 1. The SMILES string of the molecule is CCc1nn2c(=O)cc(CSc3nnc(N4CCCCC4)n3-c3ccccc3)nc2s1. The summed E-state index contributed by atoms with van der Waals surface area (Å²) in [6.07, 6.45) is 4.40. The second-order valence-corrected chi connectivity index (χ2v) is 9.40. The van der Waals surface area contributed by atoms with Crippen LogP contribution in [0.5, 0.6) is 0 Å². The van der Waals surface area contributed by atoms with E-state index in [1.165, 1.54) is 35.1 Å². The smallest absolute Gasteiger partial charge is 0.275 e. The Hall–Kier alpha value is -2.72. The average Bonchev–Trinajstić information content (AvgIpc) is 3.43. The molecule has 1 saturated heterocycles. The number of hydrogen-bond donors (Lipinski definition) is 0. The van der Waals surface area contributed by atoms with E-state index in [0.29, 0.717) is 10.7 Å². The van der Waals surface area contributed by atoms with Crippen LogP contribution in [0.4, 0.5) is 5.95 Å². The van der Waals surface area contributed by atoms with Crippen LogP contribution >= 0.6 is 23.1 Å². The van der Waals surface area contributed by atoms with Gasteiger partial charge >= 0.3 is 0 Å². The lowest BCUT2D eigenvalue weighted by Crippen LogP contribution is -2.31. The molecule has 0 aliphatic carbocycles. The number of benzene rings is 1. The first-order chi connectivity index (χ1) is 15.2. The first-order valence-electron chi connectivity index (χ1n) is 10.5. The van der Waals surface area contributed by atoms with Crippen LogP contribution in [0.1, 0.15) is 36.9 Å². The Labute approximate surface area is 188 Å². The fourth-order valence-corrected chi connectivity index (χ4v) is 5.41. The molecule has 0 bridgehead atoms. The molecule has 0 unspecified atom stereocenters. The van der Waals surface area contributed by atoms with Crippen molar-refractivity contribution in [2.24, 2.45) is 0 Å². The molecule has 5 rings (SSSR count). The maximum Gasteiger partial charge on any atom is 0.275 e. The Morgan fingerprint density at radius 1 is 1.10 bits per heavy atom. The number of nitrogens with zero attached hydrogens (tertiary/aromatic N) is 7. The Morgan fingerprint density at radius 2 is 1.90 bits per heavy atom. The van der Waals surface area contributed by atoms with E-state index in [2.05, 4.69) is 41.9 Å². The van der Waals surface area contributed by atoms with Gasteiger partial charge in [-0.2, -0.15) is 9.61 Å². The van der Waals surface area contributed by atoms with Gasteiger partial charge < -0.3 is 4.90 Å². The van der Waals surface area contributed by atoms with Crippen molar-refractivity contribution in [3.05, 3.63) is 57.5 Å². The fraction of sp³-hybridized carbons (Fsp3) is 0.381. The van der Waals surface area contributed by atoms with Crippen molar-refractivity contribution in [1.82, 2.24) is 29.4 Å². The molecule has 1 fully saturated rings. The standard InChI is InChI=1S/C21H23N7OS2/c1-2-17-25-28-18(29)13-15(22-20(28)31-17)14-30-21-24-23-19(26-11-7-4-8-12-26)27(21)16-9-5-3-6-10-16/h3,5-6,9-10,13H,2,4,7-8,11-12,14H2,1H3. The molecule has 1 aromatic carbocycles. The summed E-state index contributed by atoms with van der Waals surface area (Å²) in [4.78, 5) is 20.1. The molecule has 1 aliphatic heterocycles. The van der Waals surface area contributed by atoms with Crippen LogP contribution in [-0.2, 0) is 12.2 Å². The van der Waals surface area contributed by atoms with E-state index in [-0.39, 0.29) is 5.56 Å². The third kappa shape index (κ3) is 4.09. The van der Waals surface area contributed by atoms with Gasteiger partial charge in [-0.05, 0) is 37.8 Å². The zero-order valence-corrected chi connectivity index (χ0v) is 18.9. The van der Waals surface area contributed by atoms with E-state index in [1.807, 2.05) is 25.1 Å². The molecule has 10 heteroatoms. The number of aryl methyl sites for hydroxylation is 1. The van der Waals surface area contributed by atoms with Gasteiger partial charge in [-0.1, -0.05) is 48.2 Å². The van der Waals surface area contributed by atoms with Crippen LogP contribution in [0.3, 0.4) is 0 Å². The Balaban J connectivity index is 1.46. The van der Waals surface area contributed by atoms with Crippen molar-refractivity contribution in [3.8, 4) is 5.69 Å². The van der Waals surface area contributed by atoms with Crippen LogP contribution in [0.25, 0.3) is 10.6 Å². The molecular formula is C21H23N7OS2. The van der Waals surface area contributed by atoms with Crippen LogP contribution < -0.4 is 10.5 Å². The number of anilines is 1. The minimum atomic E-state index is -0.143. The molecule has 4 heterocycles. The van der Waals surface area contributed by atoms with Crippen molar-refractivity contribution in [1.29, 1.82) is 0 Å². The van der Waals surface area contributed by atoms with E-state index in [9.17, 15) is 4.79 Å². The molecule has 8 nitrogen and oxygen atoms in total. The van der Waals surface area contributed by atoms with Crippen LogP contribution in [0.2, 0.25) is 0 Å². The van der Waals surface area contributed by atoms with Gasteiger partial charge in [0.2, 0.25) is 10.9 Å². The van der Waals surface area contributed by atoms with Crippen molar-refractivity contribution >= 4 is 34.0 Å². The van der Waals surface area contributed by atoms with Crippen LogP contribution in [0.15, 0.2) is 46.3 Å². The summed E-state index contributed by atoms with van der Waals surface area (Å²) in [6.45, 7) is 4.02. The second-order valence-electron chi connectivity index (χ2n) is 7.42. The predicted octanol–water partition coefficient (Wildman–Crippen LogP) is 3.58. The van der Waals surface area contributed by atoms with Gasteiger partial charge in [-0.15, -0.1) is 10.2 Å². The van der Waals surface area contributed by atoms with E-state index < -0.39 is 0 Å². The maximum atomic E-state index is 12.5. The second kappa shape index (κ2) is 8.80. The predicted molar refractivity (Wildman–Crippen MR) is 123 cm³/mol. The minimum Gasteiger partial charge on any atom is -0.341 e. The van der Waals surface area contributed by atoms with Gasteiger partial charge in [0.1, 0.15) is 5.01 Å². The first kappa shape index (κ1) is 20.2. The van der Waals surface area contributed by atoms with Crippen molar-refractivity contribution < 1.29 is 0 Å². The molecule has 31 heavy (non-hydrogen) atoms. The van der Waals surface area contributed by atoms with Gasteiger partial charge in [0.25, 0.3) is 5.56 Å². The van der Waals surface area contributed by atoms with E-state index in [4.69, 9.17) is 0 Å². The largest absolute Gasteiger partial charge is 0.341 e. The molecule has 3 aromatic heterocycles. The zero-order chi connectivity index (χ0) is 21.2. The summed E-state index contributed by atoms with van der Waals surface area (Å²) in [5, 5.41) is 15.1. The number of para-hydroxylation sites is 1. The van der Waals surface area contributed by atoms with Crippen molar-refractivity contribution in [2.45, 2.75) is 43.5 Å². The molecule has 0 saturated carbocycles. The molecule has 160 valence electrons. The van der Waals surface area contributed by atoms with Crippen molar-refractivity contribution in [2.75, 3.05) is 18.0 Å². The highest BCUT2D eigenvalue weighted by Gasteiger charge is 2.21. The summed E-state index contributed by atoms with van der Waals surface area (Å²) in [7, 11) is 0. The van der Waals surface area contributed by atoms with Gasteiger partial charge in [-0.3, -0.25) is 9.36 Å². The Bertz CT molecular complexity index is 1240. The summed E-state index contributed by atoms with van der Waals surface area (Å²) < 4.78 is 3.50. The monoisotopic (exact) mass is 453 g/mol. The number of fused-ring (bicyclic) bond motifs is 1. The lowest BCUT2D eigenvalue weighted by atomic mass is 10.1. The summed E-state index contributed by atoms with van der Waals surface area (Å²) in [5.74, 6) is 1.42. The molecule has 0 radical (unpaired) electrons. The fourth-order valence-electron chi connectivity index (χ4n) is 3.71. The highest BCUT2D eigenvalue weighted by Crippen LogP contribution is 2.29. The summed E-state index contributed by atoms with van der Waals surface area (Å²) in [6, 6.07) is 11.8. The van der Waals surface area contributed by atoms with Crippen molar-refractivity contribution in [3.63, 3.8) is 0 Å². The van der Waals surface area contributed by atoms with Crippen LogP contribution in [0, 0.1) is 0 Å². The molecule has 1 aliphatic rings. The Morgan fingerprint density at radius 3 is 2.68 bits per heavy atom. The maximum absolute atomic E-state index is 12.5. The average molecular weight is 454 g/mol. The van der Waals surface area contributed by atoms with Gasteiger partial charge in [0, 0.05) is 24.9 Å². The summed E-state index contributed by atoms with van der Waals surface area (Å²) in [5.41, 5.74) is 1.62. The summed E-state index contributed by atoms with van der Waals surface area (Å²) >= 11 is 3.01. The van der Waals surface area contributed by atoms with E-state index in [0.717, 1.165) is 47.0 Å². The topological polar surface area (TPSA) is 81.2 Å². The molecule has 0 atom stereocenters. The Kier molecular flexibility index (Phi) is 5.73. The normalized spacial score (nSPS) is 14.4. The zero-order valence-electron chi connectivity index (χ0n) is 17.3. The van der Waals surface area contributed by atoms with Crippen LogP contribution in [-0.4, -0.2) is 42.5 Å². The van der Waals surface area contributed by atoms with E-state index >= 15 is 0 Å². The lowest BCUT2D eigenvalue weighted by Gasteiger charge is -2.27. The van der Waals surface area contributed by atoms with Gasteiger partial charge in [0.05, 0.1) is 11.4 Å². The minimum absolute atomic E-state index is 0.143. The first-order valence-corrected chi connectivity index (χ1v) is 12.3. The van der Waals surface area contributed by atoms with E-state index in [1.54, 1.807) is 17.8 Å². The highest BCUT2D eigenvalue weighted by atomic mass is 32.2. The number of piperidine rings is 1. The quantitative estimate of drug-likeness (QED) is 0.413. The van der Waals surface area contributed by atoms with Gasteiger partial charge in [0.15, 0.2) is 5.16 Å². The number of hydrogen-bond acceptors (Lipinski definition) is 8. The molecule has 0 amide bonds. The molecule has 0 spiro atoms. The number of aromatic nitrogens is 6. The molecular weight excluding hydrogens is 430 g/mol. The third-order valence-corrected chi connectivity index (χ3v) is 7.28. The lowest BCUT2D eigenvalue weighted by molar-refractivity contribution is 0.564. The van der Waals surface area contributed by atoms with Gasteiger partial charge in [-0.25, -0.2) is 4.98 Å². The third-order valence-electron chi connectivity index (χ3n) is 5.26. The molecule has 0 N–H and O–H groups in total.